The third-order valence-corrected chi connectivity index (χ3v) is 0.845. The van der Waals surface area contributed by atoms with Crippen molar-refractivity contribution in [3.8, 4) is 0 Å². The van der Waals surface area contributed by atoms with Crippen molar-refractivity contribution in [2.75, 3.05) is 19.8 Å². The Balaban J connectivity index is 3.13. The first kappa shape index (κ1) is 12.3. The molecule has 0 unspecified atom stereocenters. The van der Waals surface area contributed by atoms with Crippen LogP contribution in [0.15, 0.2) is 0 Å². The molecule has 13 heavy (non-hydrogen) atoms. The summed E-state index contributed by atoms with van der Waals surface area (Å²) in [5.74, 6) is -0.989. The van der Waals surface area contributed by atoms with Crippen LogP contribution in [0.5, 0.6) is 0 Å². The van der Waals surface area contributed by atoms with Crippen LogP contribution in [0.1, 0.15) is 20.8 Å². The molecular formula is C8H16O5. The monoisotopic (exact) mass is 192 g/mol. The molecule has 0 atom stereocenters. The number of rotatable bonds is 6. The second-order valence-corrected chi connectivity index (χ2v) is 3.46. The number of hydrogen-bond acceptors (Lipinski definition) is 4. The van der Waals surface area contributed by atoms with Gasteiger partial charge in [0.15, 0.2) is 0 Å². The fourth-order valence-electron chi connectivity index (χ4n) is 0.471. The van der Waals surface area contributed by atoms with E-state index in [-0.39, 0.29) is 25.4 Å². The van der Waals surface area contributed by atoms with Crippen LogP contribution in [-0.2, 0) is 19.3 Å². The molecule has 0 heterocycles. The van der Waals surface area contributed by atoms with Gasteiger partial charge >= 0.3 is 5.97 Å². The summed E-state index contributed by atoms with van der Waals surface area (Å²) in [7, 11) is 0. The summed E-state index contributed by atoms with van der Waals surface area (Å²) in [6, 6.07) is 0. The van der Waals surface area contributed by atoms with Gasteiger partial charge in [0.25, 0.3) is 0 Å². The second-order valence-electron chi connectivity index (χ2n) is 3.46. The van der Waals surface area contributed by atoms with E-state index in [0.29, 0.717) is 0 Å². The van der Waals surface area contributed by atoms with Gasteiger partial charge in [-0.15, -0.1) is 0 Å². The minimum absolute atomic E-state index is 0.211. The van der Waals surface area contributed by atoms with Crippen LogP contribution in [0.25, 0.3) is 0 Å². The maximum Gasteiger partial charge on any atom is 0.329 e. The minimum atomic E-state index is -0.989. The molecule has 78 valence electrons. The van der Waals surface area contributed by atoms with Gasteiger partial charge in [-0.3, -0.25) is 0 Å². The SMILES string of the molecule is CC(C)(C)OOCCOCC(=O)O. The predicted molar refractivity (Wildman–Crippen MR) is 45.2 cm³/mol. The van der Waals surface area contributed by atoms with Crippen molar-refractivity contribution in [3.05, 3.63) is 0 Å². The lowest BCUT2D eigenvalue weighted by molar-refractivity contribution is -0.351. The number of carboxylic acids is 1. The first-order valence-corrected chi connectivity index (χ1v) is 4.02. The number of carbonyl (C=O) groups is 1. The Morgan fingerprint density at radius 2 is 1.92 bits per heavy atom. The molecule has 1 N–H and O–H groups in total. The van der Waals surface area contributed by atoms with Gasteiger partial charge in [0.05, 0.1) is 12.2 Å². The highest BCUT2D eigenvalue weighted by Gasteiger charge is 2.10. The van der Waals surface area contributed by atoms with E-state index < -0.39 is 5.97 Å². The van der Waals surface area contributed by atoms with Crippen molar-refractivity contribution in [1.82, 2.24) is 0 Å². The lowest BCUT2D eigenvalue weighted by Crippen LogP contribution is -2.21. The smallest absolute Gasteiger partial charge is 0.329 e. The van der Waals surface area contributed by atoms with Gasteiger partial charge in [-0.2, -0.15) is 0 Å². The minimum Gasteiger partial charge on any atom is -0.480 e. The van der Waals surface area contributed by atoms with Crippen molar-refractivity contribution < 1.29 is 24.4 Å². The van der Waals surface area contributed by atoms with Crippen LogP contribution in [0, 0.1) is 0 Å². The van der Waals surface area contributed by atoms with Crippen molar-refractivity contribution in [3.63, 3.8) is 0 Å². The van der Waals surface area contributed by atoms with Gasteiger partial charge in [-0.1, -0.05) is 0 Å². The molecule has 5 nitrogen and oxygen atoms in total. The zero-order chi connectivity index (χ0) is 10.3. The highest BCUT2D eigenvalue weighted by atomic mass is 17.2. The molecular weight excluding hydrogens is 176 g/mol. The van der Waals surface area contributed by atoms with Crippen LogP contribution >= 0.6 is 0 Å². The highest BCUT2D eigenvalue weighted by Crippen LogP contribution is 2.06. The third-order valence-electron chi connectivity index (χ3n) is 0.845. The molecule has 0 bridgehead atoms. The molecule has 0 aromatic rings. The predicted octanol–water partition coefficient (Wildman–Crippen LogP) is 0.834. The molecule has 0 saturated carbocycles. The van der Waals surface area contributed by atoms with Crippen LogP contribution in [-0.4, -0.2) is 36.5 Å². The van der Waals surface area contributed by atoms with E-state index >= 15 is 0 Å². The van der Waals surface area contributed by atoms with E-state index in [1.54, 1.807) is 0 Å². The summed E-state index contributed by atoms with van der Waals surface area (Å²) >= 11 is 0. The summed E-state index contributed by atoms with van der Waals surface area (Å²) < 4.78 is 4.71. The molecule has 0 amide bonds. The highest BCUT2D eigenvalue weighted by molar-refractivity contribution is 5.67. The summed E-state index contributed by atoms with van der Waals surface area (Å²) in [6.07, 6.45) is 0. The number of aliphatic carboxylic acids is 1. The van der Waals surface area contributed by atoms with Crippen molar-refractivity contribution in [2.24, 2.45) is 0 Å². The largest absolute Gasteiger partial charge is 0.480 e. The molecule has 0 aromatic carbocycles. The van der Waals surface area contributed by atoms with Gasteiger partial charge < -0.3 is 9.84 Å². The van der Waals surface area contributed by atoms with E-state index in [2.05, 4.69) is 0 Å². The Hall–Kier alpha value is -0.650. The Labute approximate surface area is 77.5 Å². The quantitative estimate of drug-likeness (QED) is 0.383. The lowest BCUT2D eigenvalue weighted by atomic mass is 10.2. The summed E-state index contributed by atoms with van der Waals surface area (Å²) in [4.78, 5) is 19.7. The van der Waals surface area contributed by atoms with E-state index in [9.17, 15) is 4.79 Å². The summed E-state index contributed by atoms with van der Waals surface area (Å²) in [5.41, 5.74) is -0.354. The first-order chi connectivity index (χ1) is 5.92. The van der Waals surface area contributed by atoms with Crippen molar-refractivity contribution in [1.29, 1.82) is 0 Å². The standard InChI is InChI=1S/C8H16O5/c1-8(2,3)13-12-5-4-11-6-7(9)10/h4-6H2,1-3H3,(H,9,10). The Morgan fingerprint density at radius 3 is 2.38 bits per heavy atom. The Kier molecular flexibility index (Phi) is 5.61. The average molecular weight is 192 g/mol. The van der Waals surface area contributed by atoms with Crippen molar-refractivity contribution in [2.45, 2.75) is 26.4 Å². The second kappa shape index (κ2) is 5.90. The fraction of sp³-hybridized carbons (Fsp3) is 0.875. The first-order valence-electron chi connectivity index (χ1n) is 4.02. The van der Waals surface area contributed by atoms with Gasteiger partial charge in [0.2, 0.25) is 0 Å². The maximum absolute atomic E-state index is 9.99. The van der Waals surface area contributed by atoms with Crippen molar-refractivity contribution >= 4 is 5.97 Å². The van der Waals surface area contributed by atoms with Crippen LogP contribution in [0.2, 0.25) is 0 Å². The summed E-state index contributed by atoms with van der Waals surface area (Å²) in [5, 5.41) is 8.20. The summed E-state index contributed by atoms with van der Waals surface area (Å²) in [6.45, 7) is 5.69. The molecule has 0 aliphatic carbocycles. The zero-order valence-electron chi connectivity index (χ0n) is 8.20. The van der Waals surface area contributed by atoms with E-state index in [1.807, 2.05) is 20.8 Å². The van der Waals surface area contributed by atoms with Gasteiger partial charge in [-0.25, -0.2) is 14.6 Å². The van der Waals surface area contributed by atoms with E-state index in [0.717, 1.165) is 0 Å². The van der Waals surface area contributed by atoms with Crippen LogP contribution in [0.4, 0.5) is 0 Å². The van der Waals surface area contributed by atoms with Gasteiger partial charge in [-0.05, 0) is 20.8 Å². The molecule has 0 aromatic heterocycles. The zero-order valence-corrected chi connectivity index (χ0v) is 8.20. The molecule has 0 radical (unpaired) electrons. The third kappa shape index (κ3) is 11.3. The average Bonchev–Trinajstić information content (AvgIpc) is 1.93. The number of hydrogen-bond donors (Lipinski definition) is 1. The number of carboxylic acid groups (broad SMARTS) is 1. The molecule has 5 heteroatoms. The molecule has 0 fully saturated rings. The lowest BCUT2D eigenvalue weighted by Gasteiger charge is -2.17. The van der Waals surface area contributed by atoms with E-state index in [4.69, 9.17) is 19.6 Å². The fourth-order valence-corrected chi connectivity index (χ4v) is 0.471. The van der Waals surface area contributed by atoms with E-state index in [1.165, 1.54) is 0 Å². The Morgan fingerprint density at radius 1 is 1.31 bits per heavy atom. The van der Waals surface area contributed by atoms with Gasteiger partial charge in [0, 0.05) is 0 Å². The molecule has 0 saturated heterocycles. The number of ether oxygens (including phenoxy) is 1. The van der Waals surface area contributed by atoms with Gasteiger partial charge in [0.1, 0.15) is 13.2 Å². The molecule has 0 aliphatic rings. The molecule has 0 aliphatic heterocycles. The molecule has 0 spiro atoms. The molecule has 0 rings (SSSR count). The van der Waals surface area contributed by atoms with Crippen LogP contribution < -0.4 is 0 Å². The van der Waals surface area contributed by atoms with Crippen LogP contribution in [0.3, 0.4) is 0 Å². The maximum atomic E-state index is 9.99. The normalized spacial score (nSPS) is 11.6. The topological polar surface area (TPSA) is 65.0 Å². The Bertz CT molecular complexity index is 149.